The van der Waals surface area contributed by atoms with Gasteiger partial charge in [-0.25, -0.2) is 4.79 Å². The summed E-state index contributed by atoms with van der Waals surface area (Å²) in [6.07, 6.45) is 0.370. The smallest absolute Gasteiger partial charge is 0.410 e. The van der Waals surface area contributed by atoms with Gasteiger partial charge in [-0.15, -0.1) is 0 Å². The average molecular weight is 317 g/mol. The van der Waals surface area contributed by atoms with Gasteiger partial charge in [0.05, 0.1) is 0 Å². The van der Waals surface area contributed by atoms with Crippen LogP contribution in [0.15, 0.2) is 12.1 Å². The fourth-order valence-electron chi connectivity index (χ4n) is 2.91. The number of carbonyl (C=O) groups excluding carboxylic acids is 2. The highest BCUT2D eigenvalue weighted by atomic mass is 16.6. The third-order valence-electron chi connectivity index (χ3n) is 4.32. The predicted molar refractivity (Wildman–Crippen MR) is 90.9 cm³/mol. The number of Topliss-reactive ketones (excluding diaryl/α,β-unsaturated/α-hetero) is 1. The molecule has 0 spiro atoms. The summed E-state index contributed by atoms with van der Waals surface area (Å²) in [7, 11) is 0. The van der Waals surface area contributed by atoms with Crippen molar-refractivity contribution in [3.63, 3.8) is 0 Å². The first-order valence-electron chi connectivity index (χ1n) is 8.18. The molecule has 23 heavy (non-hydrogen) atoms. The summed E-state index contributed by atoms with van der Waals surface area (Å²) in [6, 6.07) is 4.03. The molecule has 1 heterocycles. The number of ketones is 1. The van der Waals surface area contributed by atoms with E-state index in [2.05, 4.69) is 13.0 Å². The minimum absolute atomic E-state index is 0.136. The lowest BCUT2D eigenvalue weighted by Gasteiger charge is -2.24. The molecule has 1 aromatic rings. The predicted octanol–water partition coefficient (Wildman–Crippen LogP) is 4.05. The number of amides is 1. The Morgan fingerprint density at radius 3 is 2.30 bits per heavy atom. The molecule has 1 unspecified atom stereocenters. The Morgan fingerprint density at radius 2 is 1.70 bits per heavy atom. The van der Waals surface area contributed by atoms with E-state index in [9.17, 15) is 9.59 Å². The minimum atomic E-state index is -0.510. The zero-order valence-electron chi connectivity index (χ0n) is 15.0. The number of nitrogens with zero attached hydrogens (tertiary/aromatic N) is 1. The Hall–Kier alpha value is -1.84. The molecule has 126 valence electrons. The molecule has 0 saturated carbocycles. The molecule has 1 aromatic carbocycles. The van der Waals surface area contributed by atoms with Gasteiger partial charge in [0.1, 0.15) is 5.60 Å². The highest BCUT2D eigenvalue weighted by Crippen LogP contribution is 2.25. The quantitative estimate of drug-likeness (QED) is 0.773. The largest absolute Gasteiger partial charge is 0.444 e. The molecule has 0 aromatic heterocycles. The van der Waals surface area contributed by atoms with E-state index in [0.29, 0.717) is 19.5 Å². The van der Waals surface area contributed by atoms with Gasteiger partial charge in [0.15, 0.2) is 5.78 Å². The van der Waals surface area contributed by atoms with Crippen LogP contribution in [-0.2, 0) is 4.74 Å². The lowest BCUT2D eigenvalue weighted by atomic mass is 9.91. The van der Waals surface area contributed by atoms with E-state index < -0.39 is 5.60 Å². The van der Waals surface area contributed by atoms with Crippen LogP contribution in [0.1, 0.15) is 54.2 Å². The van der Waals surface area contributed by atoms with Crippen molar-refractivity contribution in [1.82, 2.24) is 4.90 Å². The summed E-state index contributed by atoms with van der Waals surface area (Å²) in [5.74, 6) is -0.0000156. The van der Waals surface area contributed by atoms with E-state index in [1.165, 1.54) is 5.56 Å². The topological polar surface area (TPSA) is 46.6 Å². The molecule has 0 bridgehead atoms. The number of rotatable bonds is 2. The van der Waals surface area contributed by atoms with E-state index in [4.69, 9.17) is 4.74 Å². The van der Waals surface area contributed by atoms with Crippen LogP contribution in [0.5, 0.6) is 0 Å². The molecule has 4 heteroatoms. The van der Waals surface area contributed by atoms with Crippen molar-refractivity contribution in [2.24, 2.45) is 5.92 Å². The second-order valence-electron chi connectivity index (χ2n) is 7.53. The summed E-state index contributed by atoms with van der Waals surface area (Å²) in [5.41, 5.74) is 3.60. The van der Waals surface area contributed by atoms with Gasteiger partial charge >= 0.3 is 6.09 Å². The molecule has 0 N–H and O–H groups in total. The fourth-order valence-corrected chi connectivity index (χ4v) is 2.91. The summed E-state index contributed by atoms with van der Waals surface area (Å²) >= 11 is 0. The van der Waals surface area contributed by atoms with Gasteiger partial charge in [-0.2, -0.15) is 0 Å². The first kappa shape index (κ1) is 17.5. The summed E-state index contributed by atoms with van der Waals surface area (Å²) in [4.78, 5) is 26.6. The van der Waals surface area contributed by atoms with Gasteiger partial charge in [-0.05, 0) is 70.7 Å². The number of carbonyl (C=O) groups is 2. The molecule has 1 fully saturated rings. The van der Waals surface area contributed by atoms with Crippen LogP contribution in [0.2, 0.25) is 0 Å². The van der Waals surface area contributed by atoms with Gasteiger partial charge in [0.25, 0.3) is 0 Å². The SMILES string of the molecule is Cc1cc(C)c(C(=O)C2CCN(C(=O)OC(C)(C)C)C2)cc1C. The summed E-state index contributed by atoms with van der Waals surface area (Å²) < 4.78 is 5.39. The molecule has 0 radical (unpaired) electrons. The second kappa shape index (κ2) is 6.34. The lowest BCUT2D eigenvalue weighted by molar-refractivity contribution is 0.0289. The van der Waals surface area contributed by atoms with E-state index in [1.54, 1.807) is 4.90 Å². The van der Waals surface area contributed by atoms with Crippen molar-refractivity contribution in [3.8, 4) is 0 Å². The van der Waals surface area contributed by atoms with Gasteiger partial charge in [-0.1, -0.05) is 6.07 Å². The van der Waals surface area contributed by atoms with Crippen molar-refractivity contribution in [2.75, 3.05) is 13.1 Å². The minimum Gasteiger partial charge on any atom is -0.444 e. The molecule has 2 rings (SSSR count). The Bertz CT molecular complexity index is 628. The maximum Gasteiger partial charge on any atom is 0.410 e. The number of hydrogen-bond acceptors (Lipinski definition) is 3. The molecule has 4 nitrogen and oxygen atoms in total. The van der Waals surface area contributed by atoms with Crippen LogP contribution < -0.4 is 0 Å². The third-order valence-corrected chi connectivity index (χ3v) is 4.32. The van der Waals surface area contributed by atoms with Crippen LogP contribution in [0, 0.1) is 26.7 Å². The average Bonchev–Trinajstić information content (AvgIpc) is 2.90. The van der Waals surface area contributed by atoms with Crippen LogP contribution in [0.25, 0.3) is 0 Å². The van der Waals surface area contributed by atoms with E-state index in [1.807, 2.05) is 40.7 Å². The third kappa shape index (κ3) is 4.12. The summed E-state index contributed by atoms with van der Waals surface area (Å²) in [6.45, 7) is 12.6. The number of hydrogen-bond donors (Lipinski definition) is 0. The van der Waals surface area contributed by atoms with E-state index in [-0.39, 0.29) is 17.8 Å². The van der Waals surface area contributed by atoms with Gasteiger partial charge in [0, 0.05) is 24.6 Å². The molecule has 1 atom stereocenters. The standard InChI is InChI=1S/C19H27NO3/c1-12-9-14(3)16(10-13(12)2)17(21)15-7-8-20(11-15)18(22)23-19(4,5)6/h9-10,15H,7-8,11H2,1-6H3. The Morgan fingerprint density at radius 1 is 1.09 bits per heavy atom. The highest BCUT2D eigenvalue weighted by molar-refractivity contribution is 6.00. The van der Waals surface area contributed by atoms with Gasteiger partial charge in [0.2, 0.25) is 0 Å². The van der Waals surface area contributed by atoms with Crippen molar-refractivity contribution < 1.29 is 14.3 Å². The van der Waals surface area contributed by atoms with E-state index in [0.717, 1.165) is 16.7 Å². The van der Waals surface area contributed by atoms with Crippen molar-refractivity contribution in [2.45, 2.75) is 53.6 Å². The second-order valence-corrected chi connectivity index (χ2v) is 7.53. The maximum absolute atomic E-state index is 12.8. The first-order chi connectivity index (χ1) is 10.6. The molecule has 0 aliphatic carbocycles. The fraction of sp³-hybridized carbons (Fsp3) is 0.579. The molecular weight excluding hydrogens is 290 g/mol. The molecule has 1 saturated heterocycles. The van der Waals surface area contributed by atoms with E-state index >= 15 is 0 Å². The van der Waals surface area contributed by atoms with Crippen LogP contribution in [0.4, 0.5) is 4.79 Å². The van der Waals surface area contributed by atoms with Crippen molar-refractivity contribution >= 4 is 11.9 Å². The molecule has 1 aliphatic heterocycles. The highest BCUT2D eigenvalue weighted by Gasteiger charge is 2.34. The Labute approximate surface area is 138 Å². The van der Waals surface area contributed by atoms with Crippen LogP contribution >= 0.6 is 0 Å². The molecule has 1 amide bonds. The normalized spacial score (nSPS) is 18.2. The number of aryl methyl sites for hydroxylation is 3. The summed E-state index contributed by atoms with van der Waals surface area (Å²) in [5, 5.41) is 0. The van der Waals surface area contributed by atoms with Gasteiger partial charge < -0.3 is 9.64 Å². The first-order valence-corrected chi connectivity index (χ1v) is 8.18. The number of likely N-dealkylation sites (tertiary alicyclic amines) is 1. The lowest BCUT2D eigenvalue weighted by Crippen LogP contribution is -2.35. The zero-order chi connectivity index (χ0) is 17.4. The van der Waals surface area contributed by atoms with Crippen molar-refractivity contribution in [3.05, 3.63) is 34.4 Å². The molecule has 1 aliphatic rings. The molecular formula is C19H27NO3. The monoisotopic (exact) mass is 317 g/mol. The number of ether oxygens (including phenoxy) is 1. The number of benzene rings is 1. The van der Waals surface area contributed by atoms with Crippen LogP contribution in [0.3, 0.4) is 0 Å². The zero-order valence-corrected chi connectivity index (χ0v) is 15.0. The Kier molecular flexibility index (Phi) is 4.83. The Balaban J connectivity index is 2.09. The van der Waals surface area contributed by atoms with Crippen molar-refractivity contribution in [1.29, 1.82) is 0 Å². The maximum atomic E-state index is 12.8. The van der Waals surface area contributed by atoms with Crippen LogP contribution in [-0.4, -0.2) is 35.5 Å². The van der Waals surface area contributed by atoms with Gasteiger partial charge in [-0.3, -0.25) is 4.79 Å².